The summed E-state index contributed by atoms with van der Waals surface area (Å²) in [6, 6.07) is 25.7. The average molecular weight is 443 g/mol. The Kier molecular flexibility index (Phi) is 5.92. The van der Waals surface area contributed by atoms with Crippen LogP contribution in [0.4, 0.5) is 0 Å². The highest BCUT2D eigenvalue weighted by molar-refractivity contribution is 5.91. The molecule has 2 heterocycles. The van der Waals surface area contributed by atoms with E-state index in [0.29, 0.717) is 19.7 Å². The van der Waals surface area contributed by atoms with Crippen LogP contribution >= 0.6 is 0 Å². The lowest BCUT2D eigenvalue weighted by Gasteiger charge is -2.37. The van der Waals surface area contributed by atoms with Crippen LogP contribution in [0.5, 0.6) is 5.75 Å². The van der Waals surface area contributed by atoms with Gasteiger partial charge in [-0.25, -0.2) is 0 Å². The van der Waals surface area contributed by atoms with Gasteiger partial charge in [0, 0.05) is 19.5 Å². The number of likely N-dealkylation sites (tertiary alicyclic amines) is 1. The molecular formula is C28H30N2O3. The highest BCUT2D eigenvalue weighted by atomic mass is 16.5. The second kappa shape index (κ2) is 9.00. The summed E-state index contributed by atoms with van der Waals surface area (Å²) in [7, 11) is 0. The van der Waals surface area contributed by atoms with Crippen LogP contribution in [-0.4, -0.2) is 42.2 Å². The topological polar surface area (TPSA) is 75.8 Å². The van der Waals surface area contributed by atoms with Crippen molar-refractivity contribution in [3.05, 3.63) is 101 Å². The molecule has 5 heteroatoms. The van der Waals surface area contributed by atoms with Crippen molar-refractivity contribution < 1.29 is 14.6 Å². The zero-order valence-electron chi connectivity index (χ0n) is 18.7. The molecule has 0 bridgehead atoms. The number of nitrogens with zero attached hydrogens (tertiary/aromatic N) is 1. The van der Waals surface area contributed by atoms with Crippen LogP contribution in [0.2, 0.25) is 0 Å². The van der Waals surface area contributed by atoms with E-state index < -0.39 is 11.5 Å². The molecule has 170 valence electrons. The average Bonchev–Trinajstić information content (AvgIpc) is 3.50. The number of carbonyl (C=O) groups is 1. The lowest BCUT2D eigenvalue weighted by atomic mass is 9.64. The van der Waals surface area contributed by atoms with Gasteiger partial charge in [0.2, 0.25) is 5.91 Å². The molecule has 1 amide bonds. The number of aliphatic hydroxyl groups excluding tert-OH is 1. The predicted octanol–water partition coefficient (Wildman–Crippen LogP) is 3.45. The van der Waals surface area contributed by atoms with Crippen molar-refractivity contribution in [3.63, 3.8) is 0 Å². The van der Waals surface area contributed by atoms with Crippen molar-refractivity contribution in [3.8, 4) is 5.75 Å². The van der Waals surface area contributed by atoms with Gasteiger partial charge in [-0.1, -0.05) is 66.7 Å². The second-order valence-electron chi connectivity index (χ2n) is 9.13. The van der Waals surface area contributed by atoms with Crippen molar-refractivity contribution in [2.45, 2.75) is 24.4 Å². The minimum Gasteiger partial charge on any atom is -0.493 e. The van der Waals surface area contributed by atoms with E-state index in [9.17, 15) is 9.90 Å². The largest absolute Gasteiger partial charge is 0.493 e. The molecule has 3 aromatic rings. The van der Waals surface area contributed by atoms with Gasteiger partial charge < -0.3 is 20.5 Å². The van der Waals surface area contributed by atoms with Crippen LogP contribution in [0, 0.1) is 5.92 Å². The molecule has 3 N–H and O–H groups in total. The minimum absolute atomic E-state index is 0.0143. The lowest BCUT2D eigenvalue weighted by molar-refractivity contribution is -0.123. The molecule has 0 spiro atoms. The van der Waals surface area contributed by atoms with Gasteiger partial charge in [-0.15, -0.1) is 0 Å². The molecule has 1 saturated heterocycles. The molecule has 5 nitrogen and oxygen atoms in total. The number of hydrogen-bond acceptors (Lipinski definition) is 4. The number of rotatable bonds is 7. The molecule has 0 saturated carbocycles. The zero-order chi connectivity index (χ0) is 22.8. The van der Waals surface area contributed by atoms with E-state index in [2.05, 4.69) is 11.0 Å². The molecule has 0 radical (unpaired) electrons. The number of nitrogens with two attached hydrogens (primary N) is 1. The van der Waals surface area contributed by atoms with E-state index in [4.69, 9.17) is 10.5 Å². The second-order valence-corrected chi connectivity index (χ2v) is 9.13. The van der Waals surface area contributed by atoms with Gasteiger partial charge in [0.25, 0.3) is 0 Å². The van der Waals surface area contributed by atoms with E-state index in [1.54, 1.807) is 0 Å². The van der Waals surface area contributed by atoms with Crippen molar-refractivity contribution in [1.82, 2.24) is 4.90 Å². The van der Waals surface area contributed by atoms with Gasteiger partial charge in [-0.2, -0.15) is 0 Å². The number of ether oxygens (including phenoxy) is 1. The Hall–Kier alpha value is -3.15. The molecule has 0 aliphatic carbocycles. The van der Waals surface area contributed by atoms with Gasteiger partial charge >= 0.3 is 0 Å². The Morgan fingerprint density at radius 1 is 1.06 bits per heavy atom. The highest BCUT2D eigenvalue weighted by Gasteiger charge is 2.49. The number of amides is 1. The fourth-order valence-corrected chi connectivity index (χ4v) is 5.64. The van der Waals surface area contributed by atoms with E-state index >= 15 is 0 Å². The van der Waals surface area contributed by atoms with Gasteiger partial charge in [-0.05, 0) is 53.3 Å². The monoisotopic (exact) mass is 442 g/mol. The van der Waals surface area contributed by atoms with Crippen LogP contribution in [-0.2, 0) is 16.6 Å². The third kappa shape index (κ3) is 3.92. The van der Waals surface area contributed by atoms with Crippen molar-refractivity contribution in [1.29, 1.82) is 0 Å². The van der Waals surface area contributed by atoms with Crippen LogP contribution < -0.4 is 10.5 Å². The molecule has 33 heavy (non-hydrogen) atoms. The quantitative estimate of drug-likeness (QED) is 0.588. The standard InChI is InChI=1S/C28H30N2O3/c29-27(32)28(22-7-3-1-4-8-22,23-9-5-2-6-10-23)24-13-15-30(18-24)19-25(31)20-11-12-26-21(17-20)14-16-33-26/h1-12,17,24-25,31H,13-16,18-19H2,(H2,29,32). The first-order valence-corrected chi connectivity index (χ1v) is 11.7. The molecule has 2 aliphatic rings. The summed E-state index contributed by atoms with van der Waals surface area (Å²) in [5.41, 5.74) is 9.20. The molecule has 2 unspecified atom stereocenters. The molecule has 2 aliphatic heterocycles. The summed E-state index contributed by atoms with van der Waals surface area (Å²) in [4.78, 5) is 15.5. The summed E-state index contributed by atoms with van der Waals surface area (Å²) in [6.07, 6.45) is 1.13. The van der Waals surface area contributed by atoms with Crippen molar-refractivity contribution in [2.75, 3.05) is 26.2 Å². The Balaban J connectivity index is 1.41. The van der Waals surface area contributed by atoms with Gasteiger partial charge in [0.05, 0.1) is 12.7 Å². The van der Waals surface area contributed by atoms with Crippen LogP contribution in [0.15, 0.2) is 78.9 Å². The number of benzene rings is 3. The maximum atomic E-state index is 13.2. The third-order valence-corrected chi connectivity index (χ3v) is 7.26. The summed E-state index contributed by atoms with van der Waals surface area (Å²) >= 11 is 0. The third-order valence-electron chi connectivity index (χ3n) is 7.26. The number of fused-ring (bicyclic) bond motifs is 1. The first kappa shape index (κ1) is 21.7. The van der Waals surface area contributed by atoms with Gasteiger partial charge in [-0.3, -0.25) is 4.79 Å². The number of primary amides is 1. The smallest absolute Gasteiger partial charge is 0.232 e. The number of aliphatic hydroxyl groups is 1. The number of carbonyl (C=O) groups excluding carboxylic acids is 1. The molecule has 0 aromatic heterocycles. The maximum Gasteiger partial charge on any atom is 0.232 e. The fraction of sp³-hybridized carbons (Fsp3) is 0.321. The van der Waals surface area contributed by atoms with E-state index in [1.807, 2.05) is 72.8 Å². The lowest BCUT2D eigenvalue weighted by Crippen LogP contribution is -2.49. The fourth-order valence-electron chi connectivity index (χ4n) is 5.64. The molecule has 1 fully saturated rings. The Morgan fingerprint density at radius 2 is 1.73 bits per heavy atom. The summed E-state index contributed by atoms with van der Waals surface area (Å²) < 4.78 is 5.59. The summed E-state index contributed by atoms with van der Waals surface area (Å²) in [5.74, 6) is 0.607. The molecule has 3 aromatic carbocycles. The number of hydrogen-bond donors (Lipinski definition) is 2. The molecule has 2 atom stereocenters. The Bertz CT molecular complexity index is 1080. The van der Waals surface area contributed by atoms with Crippen molar-refractivity contribution in [2.24, 2.45) is 11.7 Å². The minimum atomic E-state index is -0.910. The zero-order valence-corrected chi connectivity index (χ0v) is 18.7. The van der Waals surface area contributed by atoms with Crippen LogP contribution in [0.1, 0.15) is 34.8 Å². The van der Waals surface area contributed by atoms with E-state index in [0.717, 1.165) is 47.4 Å². The van der Waals surface area contributed by atoms with E-state index in [1.165, 1.54) is 0 Å². The summed E-state index contributed by atoms with van der Waals surface area (Å²) in [6.45, 7) is 2.73. The Labute approximate surface area is 194 Å². The normalized spacial score (nSPS) is 19.1. The van der Waals surface area contributed by atoms with Crippen LogP contribution in [0.25, 0.3) is 0 Å². The van der Waals surface area contributed by atoms with Gasteiger partial charge in [0.1, 0.15) is 11.2 Å². The predicted molar refractivity (Wildman–Crippen MR) is 128 cm³/mol. The number of β-amino-alcohol motifs (C(OH)–C–C–N with tert-alkyl or cyclic N) is 1. The maximum absolute atomic E-state index is 13.2. The van der Waals surface area contributed by atoms with Gasteiger partial charge in [0.15, 0.2) is 0 Å². The SMILES string of the molecule is NC(=O)C(c1ccccc1)(c1ccccc1)C1CCN(CC(O)c2ccc3c(c2)CCO3)C1. The first-order chi connectivity index (χ1) is 16.1. The Morgan fingerprint density at radius 3 is 2.36 bits per heavy atom. The highest BCUT2D eigenvalue weighted by Crippen LogP contribution is 2.44. The molecule has 5 rings (SSSR count). The summed E-state index contributed by atoms with van der Waals surface area (Å²) in [5, 5.41) is 11.0. The molecular weight excluding hydrogens is 412 g/mol. The van der Waals surface area contributed by atoms with E-state index in [-0.39, 0.29) is 11.8 Å². The van der Waals surface area contributed by atoms with Crippen LogP contribution in [0.3, 0.4) is 0 Å². The van der Waals surface area contributed by atoms with Crippen molar-refractivity contribution >= 4 is 5.91 Å². The first-order valence-electron chi connectivity index (χ1n) is 11.7.